The molecule has 108 valence electrons. The van der Waals surface area contributed by atoms with Gasteiger partial charge < -0.3 is 10.1 Å². The van der Waals surface area contributed by atoms with Crippen molar-refractivity contribution in [1.82, 2.24) is 4.98 Å². The van der Waals surface area contributed by atoms with Gasteiger partial charge in [-0.05, 0) is 49.4 Å². The number of methoxy groups -OCH3 is 1. The molecule has 0 saturated carbocycles. The molecule has 0 bridgehead atoms. The minimum absolute atomic E-state index is 0.0387. The van der Waals surface area contributed by atoms with E-state index in [2.05, 4.69) is 24.1 Å². The zero-order valence-electron chi connectivity index (χ0n) is 12.2. The van der Waals surface area contributed by atoms with Crippen LogP contribution in [-0.2, 0) is 0 Å². The van der Waals surface area contributed by atoms with E-state index in [0.29, 0.717) is 5.88 Å². The number of hydrogen-bond acceptors (Lipinski definition) is 3. The molecular formula is C16H21ClN2O. The molecule has 0 spiro atoms. The van der Waals surface area contributed by atoms with Crippen LogP contribution in [0.2, 0.25) is 0 Å². The average molecular weight is 293 g/mol. The molecule has 1 aromatic carbocycles. The third-order valence-electron chi connectivity index (χ3n) is 3.82. The molecule has 2 rings (SSSR count). The first-order valence-corrected chi connectivity index (χ1v) is 7.42. The Kier molecular flexibility index (Phi) is 4.71. The minimum Gasteiger partial charge on any atom is -0.497 e. The van der Waals surface area contributed by atoms with Crippen LogP contribution in [-0.4, -0.2) is 23.5 Å². The van der Waals surface area contributed by atoms with E-state index < -0.39 is 0 Å². The summed E-state index contributed by atoms with van der Waals surface area (Å²) in [5.74, 6) is 2.39. The maximum atomic E-state index is 5.91. The summed E-state index contributed by atoms with van der Waals surface area (Å²) in [4.78, 5) is 4.48. The van der Waals surface area contributed by atoms with Crippen LogP contribution in [0, 0.1) is 0 Å². The van der Waals surface area contributed by atoms with Gasteiger partial charge in [0.15, 0.2) is 0 Å². The van der Waals surface area contributed by atoms with Crippen molar-refractivity contribution in [2.24, 2.45) is 0 Å². The number of benzene rings is 1. The number of halogens is 1. The van der Waals surface area contributed by atoms with Crippen LogP contribution in [0.3, 0.4) is 0 Å². The Balaban J connectivity index is 2.39. The number of aromatic nitrogens is 1. The second-order valence-electron chi connectivity index (χ2n) is 5.22. The summed E-state index contributed by atoms with van der Waals surface area (Å²) in [5.41, 5.74) is -0.0387. The maximum Gasteiger partial charge on any atom is 0.134 e. The van der Waals surface area contributed by atoms with Crippen LogP contribution >= 0.6 is 11.6 Å². The van der Waals surface area contributed by atoms with Crippen LogP contribution in [0.15, 0.2) is 30.5 Å². The fourth-order valence-corrected chi connectivity index (χ4v) is 2.62. The molecule has 0 radical (unpaired) electrons. The van der Waals surface area contributed by atoms with Gasteiger partial charge in [-0.15, -0.1) is 11.6 Å². The van der Waals surface area contributed by atoms with Crippen molar-refractivity contribution in [2.45, 2.75) is 32.2 Å². The lowest BCUT2D eigenvalue weighted by molar-refractivity contribution is 0.415. The highest BCUT2D eigenvalue weighted by atomic mass is 35.5. The third kappa shape index (κ3) is 3.15. The number of anilines is 1. The average Bonchev–Trinajstić information content (AvgIpc) is 2.47. The van der Waals surface area contributed by atoms with Crippen molar-refractivity contribution < 1.29 is 4.74 Å². The Bertz CT molecular complexity index is 588. The monoisotopic (exact) mass is 292 g/mol. The summed E-state index contributed by atoms with van der Waals surface area (Å²) < 4.78 is 5.26. The molecule has 0 amide bonds. The molecule has 1 atom stereocenters. The summed E-state index contributed by atoms with van der Waals surface area (Å²) >= 11 is 5.91. The normalized spacial score (nSPS) is 14.0. The Morgan fingerprint density at radius 2 is 2.15 bits per heavy atom. The fraction of sp³-hybridized carbons (Fsp3) is 0.438. The minimum atomic E-state index is -0.0387. The highest BCUT2D eigenvalue weighted by Gasteiger charge is 2.22. The third-order valence-corrected chi connectivity index (χ3v) is 4.01. The van der Waals surface area contributed by atoms with Crippen molar-refractivity contribution in [3.8, 4) is 5.75 Å². The molecule has 1 unspecified atom stereocenters. The van der Waals surface area contributed by atoms with Gasteiger partial charge in [0, 0.05) is 23.0 Å². The van der Waals surface area contributed by atoms with Gasteiger partial charge in [-0.1, -0.05) is 6.92 Å². The number of nitrogens with one attached hydrogen (secondary N) is 1. The molecule has 0 fully saturated rings. The van der Waals surface area contributed by atoms with Gasteiger partial charge in [-0.3, -0.25) is 0 Å². The highest BCUT2D eigenvalue weighted by molar-refractivity contribution is 6.17. The molecule has 20 heavy (non-hydrogen) atoms. The first-order valence-electron chi connectivity index (χ1n) is 6.89. The molecule has 2 aromatic rings. The number of ether oxygens (including phenoxy) is 1. The molecule has 1 N–H and O–H groups in total. The summed E-state index contributed by atoms with van der Waals surface area (Å²) in [7, 11) is 1.68. The van der Waals surface area contributed by atoms with Crippen molar-refractivity contribution in [2.75, 3.05) is 18.3 Å². The molecule has 0 saturated heterocycles. The van der Waals surface area contributed by atoms with E-state index in [1.165, 1.54) is 0 Å². The van der Waals surface area contributed by atoms with Crippen LogP contribution in [0.4, 0.5) is 5.82 Å². The van der Waals surface area contributed by atoms with E-state index in [1.807, 2.05) is 30.5 Å². The molecule has 0 aliphatic heterocycles. The number of fused-ring (bicyclic) bond motifs is 1. The first kappa shape index (κ1) is 14.9. The lowest BCUT2D eigenvalue weighted by atomic mass is 9.95. The standard InChI is InChI=1S/C16H21ClN2O/c1-4-16(2,8-9-17)19-15-14-6-5-13(20-3)11-12(14)7-10-18-15/h5-7,10-11H,4,8-9H2,1-3H3,(H,18,19). The Morgan fingerprint density at radius 3 is 2.80 bits per heavy atom. The lowest BCUT2D eigenvalue weighted by Gasteiger charge is -2.30. The van der Waals surface area contributed by atoms with Gasteiger partial charge in [0.1, 0.15) is 11.6 Å². The lowest BCUT2D eigenvalue weighted by Crippen LogP contribution is -2.34. The van der Waals surface area contributed by atoms with Crippen LogP contribution in [0.25, 0.3) is 10.8 Å². The number of alkyl halides is 1. The van der Waals surface area contributed by atoms with Crippen molar-refractivity contribution >= 4 is 28.2 Å². The van der Waals surface area contributed by atoms with Gasteiger partial charge >= 0.3 is 0 Å². The van der Waals surface area contributed by atoms with E-state index in [9.17, 15) is 0 Å². The van der Waals surface area contributed by atoms with E-state index in [0.717, 1.165) is 35.2 Å². The van der Waals surface area contributed by atoms with Gasteiger partial charge in [0.05, 0.1) is 7.11 Å². The SMILES string of the molecule is CCC(C)(CCCl)Nc1nccc2cc(OC)ccc12. The number of pyridine rings is 1. The van der Waals surface area contributed by atoms with Crippen molar-refractivity contribution in [3.05, 3.63) is 30.5 Å². The second kappa shape index (κ2) is 6.31. The molecular weight excluding hydrogens is 272 g/mol. The van der Waals surface area contributed by atoms with Crippen molar-refractivity contribution in [1.29, 1.82) is 0 Å². The van der Waals surface area contributed by atoms with E-state index in [1.54, 1.807) is 7.11 Å². The van der Waals surface area contributed by atoms with Gasteiger partial charge in [-0.2, -0.15) is 0 Å². The van der Waals surface area contributed by atoms with E-state index >= 15 is 0 Å². The molecule has 0 aliphatic rings. The highest BCUT2D eigenvalue weighted by Crippen LogP contribution is 2.29. The summed E-state index contributed by atoms with van der Waals surface area (Å²) in [6, 6.07) is 8.02. The van der Waals surface area contributed by atoms with Gasteiger partial charge in [0.2, 0.25) is 0 Å². The molecule has 3 nitrogen and oxygen atoms in total. The smallest absolute Gasteiger partial charge is 0.134 e. The zero-order chi connectivity index (χ0) is 14.6. The van der Waals surface area contributed by atoms with Crippen LogP contribution in [0.1, 0.15) is 26.7 Å². The summed E-state index contributed by atoms with van der Waals surface area (Å²) in [6.45, 7) is 4.34. The van der Waals surface area contributed by atoms with E-state index in [4.69, 9.17) is 16.3 Å². The Hall–Kier alpha value is -1.48. The predicted molar refractivity (Wildman–Crippen MR) is 86.0 cm³/mol. The maximum absolute atomic E-state index is 5.91. The quantitative estimate of drug-likeness (QED) is 0.799. The molecule has 1 aromatic heterocycles. The molecule has 4 heteroatoms. The number of nitrogens with zero attached hydrogens (tertiary/aromatic N) is 1. The zero-order valence-corrected chi connectivity index (χ0v) is 13.0. The van der Waals surface area contributed by atoms with E-state index in [-0.39, 0.29) is 5.54 Å². The number of rotatable bonds is 6. The first-order chi connectivity index (χ1) is 9.61. The Labute approximate surface area is 125 Å². The summed E-state index contributed by atoms with van der Waals surface area (Å²) in [5, 5.41) is 5.77. The van der Waals surface area contributed by atoms with Gasteiger partial charge in [0.25, 0.3) is 0 Å². The number of hydrogen-bond donors (Lipinski definition) is 1. The largest absolute Gasteiger partial charge is 0.497 e. The van der Waals surface area contributed by atoms with Crippen LogP contribution in [0.5, 0.6) is 5.75 Å². The van der Waals surface area contributed by atoms with Gasteiger partial charge in [-0.25, -0.2) is 4.98 Å². The topological polar surface area (TPSA) is 34.2 Å². The molecule has 1 heterocycles. The van der Waals surface area contributed by atoms with Crippen molar-refractivity contribution in [3.63, 3.8) is 0 Å². The molecule has 0 aliphatic carbocycles. The fourth-order valence-electron chi connectivity index (χ4n) is 2.20. The van der Waals surface area contributed by atoms with Crippen LogP contribution < -0.4 is 10.1 Å². The predicted octanol–water partition coefficient (Wildman–Crippen LogP) is 4.45. The summed E-state index contributed by atoms with van der Waals surface area (Å²) in [6.07, 6.45) is 3.72. The Morgan fingerprint density at radius 1 is 1.35 bits per heavy atom. The second-order valence-corrected chi connectivity index (χ2v) is 5.60.